The Morgan fingerprint density at radius 1 is 1.38 bits per heavy atom. The molecule has 5 nitrogen and oxygen atoms in total. The minimum absolute atomic E-state index is 0.0877. The molecule has 1 atom stereocenters. The predicted octanol–water partition coefficient (Wildman–Crippen LogP) is 2.56. The predicted molar refractivity (Wildman–Crippen MR) is 88.6 cm³/mol. The lowest BCUT2D eigenvalue weighted by atomic mass is 10.1. The van der Waals surface area contributed by atoms with Crippen LogP contribution < -0.4 is 5.32 Å². The number of halogens is 2. The monoisotopic (exact) mass is 371 g/mol. The molecule has 21 heavy (non-hydrogen) atoms. The van der Waals surface area contributed by atoms with Gasteiger partial charge >= 0.3 is 0 Å². The van der Waals surface area contributed by atoms with Crippen LogP contribution in [-0.2, 0) is 6.54 Å². The fraction of sp³-hybridized carbons (Fsp3) is 0.429. The first-order valence-electron chi connectivity index (χ1n) is 6.67. The minimum Gasteiger partial charge on any atom is -0.308 e. The Kier molecular flexibility index (Phi) is 5.75. The Labute approximate surface area is 138 Å². The molecule has 0 saturated carbocycles. The van der Waals surface area contributed by atoms with E-state index in [0.29, 0.717) is 5.02 Å². The molecule has 7 heteroatoms. The molecule has 0 bridgehead atoms. The van der Waals surface area contributed by atoms with Crippen molar-refractivity contribution in [2.45, 2.75) is 12.6 Å². The summed E-state index contributed by atoms with van der Waals surface area (Å²) in [5.74, 6) is 0. The van der Waals surface area contributed by atoms with Crippen molar-refractivity contribution >= 4 is 27.5 Å². The lowest BCUT2D eigenvalue weighted by molar-refractivity contribution is 0.366. The molecule has 0 aliphatic carbocycles. The second-order valence-corrected chi connectivity index (χ2v) is 6.35. The van der Waals surface area contributed by atoms with Crippen molar-refractivity contribution < 1.29 is 0 Å². The van der Waals surface area contributed by atoms with Crippen molar-refractivity contribution in [3.05, 3.63) is 45.4 Å². The Hall–Kier alpha value is -0.950. The highest BCUT2D eigenvalue weighted by Crippen LogP contribution is 2.27. The maximum Gasteiger partial charge on any atom is 0.0934 e. The van der Waals surface area contributed by atoms with Crippen LogP contribution in [0.25, 0.3) is 0 Å². The summed E-state index contributed by atoms with van der Waals surface area (Å²) in [6, 6.07) is 3.86. The molecule has 1 unspecified atom stereocenters. The maximum absolute atomic E-state index is 6.34. The van der Waals surface area contributed by atoms with Crippen LogP contribution in [0.5, 0.6) is 0 Å². The smallest absolute Gasteiger partial charge is 0.0934 e. The lowest BCUT2D eigenvalue weighted by Gasteiger charge is -2.19. The topological polar surface area (TPSA) is 46.0 Å². The van der Waals surface area contributed by atoms with Gasteiger partial charge in [-0.1, -0.05) is 11.6 Å². The fourth-order valence-electron chi connectivity index (χ4n) is 2.11. The van der Waals surface area contributed by atoms with Gasteiger partial charge in [0.1, 0.15) is 0 Å². The molecular formula is C14H19BrClN5. The van der Waals surface area contributed by atoms with E-state index in [1.54, 1.807) is 12.4 Å². The van der Waals surface area contributed by atoms with Gasteiger partial charge in [-0.15, -0.1) is 0 Å². The molecule has 0 spiro atoms. The van der Waals surface area contributed by atoms with Gasteiger partial charge in [-0.05, 0) is 49.2 Å². The van der Waals surface area contributed by atoms with E-state index < -0.39 is 0 Å². The number of nitrogens with one attached hydrogen (secondary N) is 1. The number of likely N-dealkylation sites (N-methyl/N-ethyl adjacent to an activating group) is 1. The van der Waals surface area contributed by atoms with E-state index in [1.165, 1.54) is 0 Å². The summed E-state index contributed by atoms with van der Waals surface area (Å²) >= 11 is 9.74. The standard InChI is InChI=1S/C14H19BrClN5/c1-17-13(12-5-4-10(15)8-18-12)14-11(16)9-19-21(14)7-6-20(2)3/h4-5,8-9,13,17H,6-7H2,1-3H3. The van der Waals surface area contributed by atoms with Gasteiger partial charge in [0.15, 0.2) is 0 Å². The van der Waals surface area contributed by atoms with Gasteiger partial charge in [0, 0.05) is 17.2 Å². The van der Waals surface area contributed by atoms with Gasteiger partial charge in [-0.25, -0.2) is 0 Å². The summed E-state index contributed by atoms with van der Waals surface area (Å²) in [4.78, 5) is 6.58. The van der Waals surface area contributed by atoms with Crippen molar-refractivity contribution in [1.82, 2.24) is 25.0 Å². The van der Waals surface area contributed by atoms with E-state index in [-0.39, 0.29) is 6.04 Å². The van der Waals surface area contributed by atoms with Crippen LogP contribution in [0.4, 0.5) is 0 Å². The van der Waals surface area contributed by atoms with Crippen LogP contribution >= 0.6 is 27.5 Å². The molecule has 0 radical (unpaired) electrons. The summed E-state index contributed by atoms with van der Waals surface area (Å²) in [5.41, 5.74) is 1.85. The molecule has 0 saturated heterocycles. The molecule has 0 fully saturated rings. The van der Waals surface area contributed by atoms with Crippen molar-refractivity contribution in [3.63, 3.8) is 0 Å². The van der Waals surface area contributed by atoms with Gasteiger partial charge in [0.05, 0.1) is 35.2 Å². The molecule has 0 aliphatic heterocycles. The minimum atomic E-state index is -0.0877. The molecule has 0 aromatic carbocycles. The third-order valence-corrected chi connectivity index (χ3v) is 3.96. The first-order valence-corrected chi connectivity index (χ1v) is 7.84. The van der Waals surface area contributed by atoms with Crippen molar-refractivity contribution in [2.75, 3.05) is 27.7 Å². The number of rotatable bonds is 6. The van der Waals surface area contributed by atoms with E-state index in [4.69, 9.17) is 11.6 Å². The molecule has 2 heterocycles. The summed E-state index contributed by atoms with van der Waals surface area (Å²) in [7, 11) is 5.97. The number of hydrogen-bond acceptors (Lipinski definition) is 4. The van der Waals surface area contributed by atoms with Crippen LogP contribution in [0.2, 0.25) is 5.02 Å². The molecule has 2 aromatic heterocycles. The van der Waals surface area contributed by atoms with Gasteiger partial charge in [-0.2, -0.15) is 5.10 Å². The normalized spacial score (nSPS) is 12.9. The summed E-state index contributed by atoms with van der Waals surface area (Å²) in [5, 5.41) is 8.30. The Balaban J connectivity index is 2.33. The molecule has 2 aromatic rings. The first-order chi connectivity index (χ1) is 10.0. The SMILES string of the molecule is CNC(c1ccc(Br)cn1)c1c(Cl)cnn1CCN(C)C. The number of aromatic nitrogens is 3. The molecular weight excluding hydrogens is 354 g/mol. The van der Waals surface area contributed by atoms with E-state index in [2.05, 4.69) is 36.2 Å². The molecule has 114 valence electrons. The quantitative estimate of drug-likeness (QED) is 0.846. The van der Waals surface area contributed by atoms with Gasteiger partial charge in [0.25, 0.3) is 0 Å². The Morgan fingerprint density at radius 2 is 2.14 bits per heavy atom. The zero-order valence-corrected chi connectivity index (χ0v) is 14.7. The van der Waals surface area contributed by atoms with Gasteiger partial charge in [0.2, 0.25) is 0 Å². The van der Waals surface area contributed by atoms with Crippen molar-refractivity contribution in [1.29, 1.82) is 0 Å². The second kappa shape index (κ2) is 7.35. The zero-order valence-electron chi connectivity index (χ0n) is 12.3. The third-order valence-electron chi connectivity index (χ3n) is 3.20. The summed E-state index contributed by atoms with van der Waals surface area (Å²) in [6.07, 6.45) is 3.48. The van der Waals surface area contributed by atoms with Crippen LogP contribution in [0, 0.1) is 0 Å². The molecule has 2 rings (SSSR count). The Morgan fingerprint density at radius 3 is 2.71 bits per heavy atom. The third kappa shape index (κ3) is 4.03. The number of nitrogens with zero attached hydrogens (tertiary/aromatic N) is 4. The van der Waals surface area contributed by atoms with E-state index in [9.17, 15) is 0 Å². The van der Waals surface area contributed by atoms with Crippen molar-refractivity contribution in [2.24, 2.45) is 0 Å². The first kappa shape index (κ1) is 16.4. The van der Waals surface area contributed by atoms with Crippen LogP contribution in [0.1, 0.15) is 17.4 Å². The van der Waals surface area contributed by atoms with E-state index >= 15 is 0 Å². The average Bonchev–Trinajstić information content (AvgIpc) is 2.81. The zero-order chi connectivity index (χ0) is 15.4. The average molecular weight is 373 g/mol. The Bertz CT molecular complexity index is 582. The highest BCUT2D eigenvalue weighted by Gasteiger charge is 2.21. The highest BCUT2D eigenvalue weighted by molar-refractivity contribution is 9.10. The summed E-state index contributed by atoms with van der Waals surface area (Å²) in [6.45, 7) is 1.68. The molecule has 0 amide bonds. The van der Waals surface area contributed by atoms with Crippen molar-refractivity contribution in [3.8, 4) is 0 Å². The lowest BCUT2D eigenvalue weighted by Crippen LogP contribution is -2.26. The number of hydrogen-bond donors (Lipinski definition) is 1. The highest BCUT2D eigenvalue weighted by atomic mass is 79.9. The van der Waals surface area contributed by atoms with E-state index in [0.717, 1.165) is 29.0 Å². The van der Waals surface area contributed by atoms with Gasteiger partial charge < -0.3 is 10.2 Å². The number of pyridine rings is 1. The molecule has 0 aliphatic rings. The molecule has 1 N–H and O–H groups in total. The van der Waals surface area contributed by atoms with Crippen LogP contribution in [0.3, 0.4) is 0 Å². The summed E-state index contributed by atoms with van der Waals surface area (Å²) < 4.78 is 2.89. The maximum atomic E-state index is 6.34. The second-order valence-electron chi connectivity index (χ2n) is 5.03. The van der Waals surface area contributed by atoms with E-state index in [1.807, 2.05) is 38.0 Å². The van der Waals surface area contributed by atoms with Crippen LogP contribution in [-0.4, -0.2) is 47.4 Å². The van der Waals surface area contributed by atoms with Gasteiger partial charge in [-0.3, -0.25) is 9.67 Å². The van der Waals surface area contributed by atoms with Crippen LogP contribution in [0.15, 0.2) is 29.0 Å². The fourth-order valence-corrected chi connectivity index (χ4v) is 2.60. The largest absolute Gasteiger partial charge is 0.308 e.